The van der Waals surface area contributed by atoms with E-state index < -0.39 is 5.41 Å². The number of fused-ring (bicyclic) bond motifs is 1. The van der Waals surface area contributed by atoms with E-state index in [0.29, 0.717) is 12.0 Å². The number of anilines is 1. The van der Waals surface area contributed by atoms with Crippen molar-refractivity contribution in [2.45, 2.75) is 11.8 Å². The van der Waals surface area contributed by atoms with Gasteiger partial charge in [0.1, 0.15) is 5.41 Å². The fraction of sp³-hybridized carbons (Fsp3) is 0.120. The number of benzene rings is 3. The molecule has 0 fully saturated rings. The van der Waals surface area contributed by atoms with Crippen LogP contribution in [0.2, 0.25) is 0 Å². The minimum Gasteiger partial charge on any atom is -0.314 e. The van der Waals surface area contributed by atoms with Crippen LogP contribution >= 0.6 is 0 Å². The van der Waals surface area contributed by atoms with E-state index in [1.165, 1.54) is 0 Å². The third-order valence-corrected chi connectivity index (χ3v) is 5.44. The molecule has 0 aromatic heterocycles. The van der Waals surface area contributed by atoms with Gasteiger partial charge in [-0.1, -0.05) is 72.8 Å². The highest BCUT2D eigenvalue weighted by atomic mass is 16.2. The smallest absolute Gasteiger partial charge is 0.242 e. The second-order valence-electron chi connectivity index (χ2n) is 6.99. The monoisotopic (exact) mass is 364 g/mol. The Morgan fingerprint density at radius 1 is 0.964 bits per heavy atom. The molecule has 3 aromatic rings. The van der Waals surface area contributed by atoms with Crippen molar-refractivity contribution in [2.24, 2.45) is 0 Å². The molecule has 28 heavy (non-hydrogen) atoms. The van der Waals surface area contributed by atoms with E-state index in [1.54, 1.807) is 17.0 Å². The first-order chi connectivity index (χ1) is 13.7. The first-order valence-electron chi connectivity index (χ1n) is 9.27. The molecule has 1 amide bonds. The zero-order valence-corrected chi connectivity index (χ0v) is 15.7. The van der Waals surface area contributed by atoms with Gasteiger partial charge >= 0.3 is 0 Å². The number of rotatable bonds is 4. The van der Waals surface area contributed by atoms with Gasteiger partial charge in [-0.15, -0.1) is 0 Å². The van der Waals surface area contributed by atoms with Gasteiger partial charge in [0.15, 0.2) is 0 Å². The summed E-state index contributed by atoms with van der Waals surface area (Å²) < 4.78 is 0. The van der Waals surface area contributed by atoms with Gasteiger partial charge in [-0.2, -0.15) is 5.26 Å². The molecule has 1 atom stereocenters. The highest BCUT2D eigenvalue weighted by molar-refractivity contribution is 6.10. The van der Waals surface area contributed by atoms with E-state index in [4.69, 9.17) is 5.26 Å². The van der Waals surface area contributed by atoms with Gasteiger partial charge < -0.3 is 4.90 Å². The lowest BCUT2D eigenvalue weighted by Crippen LogP contribution is -2.39. The van der Waals surface area contributed by atoms with Crippen molar-refractivity contribution in [2.75, 3.05) is 11.9 Å². The number of nitriles is 1. The fourth-order valence-electron chi connectivity index (χ4n) is 4.00. The van der Waals surface area contributed by atoms with Crippen LogP contribution in [0.4, 0.5) is 5.69 Å². The molecule has 3 nitrogen and oxygen atoms in total. The maximum absolute atomic E-state index is 13.5. The fourth-order valence-corrected chi connectivity index (χ4v) is 4.00. The van der Waals surface area contributed by atoms with Crippen molar-refractivity contribution in [3.8, 4) is 6.07 Å². The molecule has 1 heterocycles. The van der Waals surface area contributed by atoms with Crippen LogP contribution in [0.1, 0.15) is 28.7 Å². The number of carbonyl (C=O) groups excluding carboxylic acids is 1. The van der Waals surface area contributed by atoms with Crippen molar-refractivity contribution in [3.05, 3.63) is 107 Å². The summed E-state index contributed by atoms with van der Waals surface area (Å²) in [7, 11) is 1.83. The highest BCUT2D eigenvalue weighted by Crippen LogP contribution is 2.48. The van der Waals surface area contributed by atoms with E-state index in [2.05, 4.69) is 18.2 Å². The van der Waals surface area contributed by atoms with Crippen LogP contribution in [0.5, 0.6) is 0 Å². The summed E-state index contributed by atoms with van der Waals surface area (Å²) in [6.45, 7) is 0. The van der Waals surface area contributed by atoms with E-state index in [9.17, 15) is 4.79 Å². The first kappa shape index (κ1) is 17.8. The van der Waals surface area contributed by atoms with Crippen LogP contribution in [-0.4, -0.2) is 13.0 Å². The van der Waals surface area contributed by atoms with Crippen LogP contribution < -0.4 is 4.90 Å². The van der Waals surface area contributed by atoms with Crippen LogP contribution in [0.25, 0.3) is 6.08 Å². The summed E-state index contributed by atoms with van der Waals surface area (Å²) in [5.74, 6) is 0.0520. The number of hydrogen-bond acceptors (Lipinski definition) is 2. The molecule has 1 unspecified atom stereocenters. The number of nitrogens with zero attached hydrogens (tertiary/aromatic N) is 2. The van der Waals surface area contributed by atoms with Crippen molar-refractivity contribution < 1.29 is 4.79 Å². The minimum absolute atomic E-state index is 0.0520. The summed E-state index contributed by atoms with van der Waals surface area (Å²) in [5.41, 5.74) is 3.75. The zero-order chi connectivity index (χ0) is 19.6. The van der Waals surface area contributed by atoms with Crippen LogP contribution in [0.15, 0.2) is 84.9 Å². The molecule has 0 saturated heterocycles. The minimum atomic E-state index is -0.787. The average Bonchev–Trinajstić information content (AvgIpc) is 2.97. The van der Waals surface area contributed by atoms with Gasteiger partial charge in [-0.05, 0) is 41.3 Å². The number of likely N-dealkylation sites (N-methyl/N-ethyl adjacent to an activating group) is 1. The molecule has 0 bridgehead atoms. The number of carbonyl (C=O) groups is 1. The Labute approximate surface area is 165 Å². The predicted molar refractivity (Wildman–Crippen MR) is 112 cm³/mol. The Morgan fingerprint density at radius 2 is 1.64 bits per heavy atom. The molecule has 136 valence electrons. The molecule has 0 saturated carbocycles. The van der Waals surface area contributed by atoms with E-state index in [0.717, 1.165) is 22.4 Å². The van der Waals surface area contributed by atoms with Gasteiger partial charge in [0, 0.05) is 12.7 Å². The number of para-hydroxylation sites is 1. The number of amides is 1. The average molecular weight is 364 g/mol. The number of hydrogen-bond donors (Lipinski definition) is 0. The second-order valence-corrected chi connectivity index (χ2v) is 6.99. The molecule has 3 heteroatoms. The van der Waals surface area contributed by atoms with Crippen molar-refractivity contribution in [3.63, 3.8) is 0 Å². The summed E-state index contributed by atoms with van der Waals surface area (Å²) in [5, 5.41) is 9.14. The van der Waals surface area contributed by atoms with E-state index in [1.807, 2.05) is 73.8 Å². The maximum atomic E-state index is 13.5. The van der Waals surface area contributed by atoms with E-state index >= 15 is 0 Å². The summed E-state index contributed by atoms with van der Waals surface area (Å²) >= 11 is 0. The van der Waals surface area contributed by atoms with Gasteiger partial charge in [0.2, 0.25) is 5.91 Å². The summed E-state index contributed by atoms with van der Waals surface area (Å²) in [6, 6.07) is 27.6. The van der Waals surface area contributed by atoms with Gasteiger partial charge in [-0.25, -0.2) is 0 Å². The van der Waals surface area contributed by atoms with Gasteiger partial charge in [0.05, 0.1) is 11.6 Å². The highest BCUT2D eigenvalue weighted by Gasteiger charge is 2.49. The Balaban J connectivity index is 1.83. The molecule has 0 radical (unpaired) electrons. The van der Waals surface area contributed by atoms with Crippen molar-refractivity contribution in [1.29, 1.82) is 5.26 Å². The first-order valence-corrected chi connectivity index (χ1v) is 9.27. The molecule has 0 spiro atoms. The second kappa shape index (κ2) is 7.17. The third kappa shape index (κ3) is 2.80. The third-order valence-electron chi connectivity index (χ3n) is 5.44. The Morgan fingerprint density at radius 3 is 2.36 bits per heavy atom. The molecule has 1 aliphatic rings. The lowest BCUT2D eigenvalue weighted by atomic mass is 9.72. The molecule has 4 rings (SSSR count). The van der Waals surface area contributed by atoms with Crippen molar-refractivity contribution >= 4 is 17.7 Å². The molecule has 1 aliphatic heterocycles. The molecule has 0 N–H and O–H groups in total. The Hall–Kier alpha value is -3.64. The van der Waals surface area contributed by atoms with Crippen LogP contribution in [-0.2, 0) is 10.2 Å². The molecular weight excluding hydrogens is 344 g/mol. The molecule has 3 aromatic carbocycles. The lowest BCUT2D eigenvalue weighted by molar-refractivity contribution is -0.121. The summed E-state index contributed by atoms with van der Waals surface area (Å²) in [6.07, 6.45) is 4.68. The standard InChI is InChI=1S/C25H20N2O/c1-27-23-12-6-5-11-22(23)25(24(27)28,21-15-13-20(18-26)14-16-21)17-7-10-19-8-3-2-4-9-19/h2-16H,17H2,1H3/b10-7+. The van der Waals surface area contributed by atoms with Crippen LogP contribution in [0, 0.1) is 11.3 Å². The SMILES string of the molecule is CN1C(=O)C(C/C=C/c2ccccc2)(c2ccc(C#N)cc2)c2ccccc21. The molecule has 0 aliphatic carbocycles. The zero-order valence-electron chi connectivity index (χ0n) is 15.7. The quantitative estimate of drug-likeness (QED) is 0.659. The molecular formula is C25H20N2O. The van der Waals surface area contributed by atoms with E-state index in [-0.39, 0.29) is 5.91 Å². The number of allylic oxidation sites excluding steroid dienone is 1. The Kier molecular flexibility index (Phi) is 4.55. The topological polar surface area (TPSA) is 44.1 Å². The normalized spacial score (nSPS) is 18.3. The largest absolute Gasteiger partial charge is 0.314 e. The van der Waals surface area contributed by atoms with Crippen molar-refractivity contribution in [1.82, 2.24) is 0 Å². The summed E-state index contributed by atoms with van der Waals surface area (Å²) in [4.78, 5) is 15.2. The maximum Gasteiger partial charge on any atom is 0.242 e. The van der Waals surface area contributed by atoms with Crippen LogP contribution in [0.3, 0.4) is 0 Å². The van der Waals surface area contributed by atoms with Gasteiger partial charge in [0.25, 0.3) is 0 Å². The lowest BCUT2D eigenvalue weighted by Gasteiger charge is -2.28. The van der Waals surface area contributed by atoms with Gasteiger partial charge in [-0.3, -0.25) is 4.79 Å². The Bertz CT molecular complexity index is 1080. The predicted octanol–water partition coefficient (Wildman–Crippen LogP) is 4.92.